The van der Waals surface area contributed by atoms with E-state index in [-0.39, 0.29) is 11.6 Å². The molecule has 0 aliphatic carbocycles. The van der Waals surface area contributed by atoms with Crippen LogP contribution in [0.15, 0.2) is 73.2 Å². The number of aromatic amines is 1. The maximum atomic E-state index is 12.9. The number of piperidine rings is 1. The van der Waals surface area contributed by atoms with E-state index in [1.54, 1.807) is 30.5 Å². The zero-order valence-electron chi connectivity index (χ0n) is 19.5. The van der Waals surface area contributed by atoms with E-state index in [2.05, 4.69) is 42.9 Å². The SMILES string of the molecule is NC(=O)c1c(-c2ccc(NC(=O)N3CCCC(c4ccccc4)C3)cc2)n[nH]c1Nc1cnccn1. The summed E-state index contributed by atoms with van der Waals surface area (Å²) in [5, 5.41) is 13.0. The highest BCUT2D eigenvalue weighted by atomic mass is 16.2. The summed E-state index contributed by atoms with van der Waals surface area (Å²) >= 11 is 0. The predicted molar refractivity (Wildman–Crippen MR) is 137 cm³/mol. The van der Waals surface area contributed by atoms with Crippen LogP contribution < -0.4 is 16.4 Å². The maximum absolute atomic E-state index is 12.9. The van der Waals surface area contributed by atoms with Gasteiger partial charge in [0, 0.05) is 42.7 Å². The number of primary amides is 1. The third kappa shape index (κ3) is 5.02. The Morgan fingerprint density at radius 3 is 2.58 bits per heavy atom. The van der Waals surface area contributed by atoms with Crippen molar-refractivity contribution in [3.05, 3.63) is 84.3 Å². The number of anilines is 3. The van der Waals surface area contributed by atoms with Crippen molar-refractivity contribution in [1.29, 1.82) is 0 Å². The third-order valence-corrected chi connectivity index (χ3v) is 6.22. The van der Waals surface area contributed by atoms with E-state index in [9.17, 15) is 9.59 Å². The lowest BCUT2D eigenvalue weighted by molar-refractivity contribution is 0.100. The number of nitrogens with zero attached hydrogens (tertiary/aromatic N) is 4. The summed E-state index contributed by atoms with van der Waals surface area (Å²) in [6.07, 6.45) is 6.63. The number of hydrogen-bond donors (Lipinski definition) is 4. The van der Waals surface area contributed by atoms with Gasteiger partial charge in [0.1, 0.15) is 22.9 Å². The molecule has 0 spiro atoms. The van der Waals surface area contributed by atoms with E-state index in [1.807, 2.05) is 23.1 Å². The second-order valence-corrected chi connectivity index (χ2v) is 8.61. The monoisotopic (exact) mass is 482 g/mol. The first-order valence-electron chi connectivity index (χ1n) is 11.7. The number of urea groups is 1. The summed E-state index contributed by atoms with van der Waals surface area (Å²) < 4.78 is 0. The Labute approximate surface area is 208 Å². The molecule has 4 aromatic rings. The van der Waals surface area contributed by atoms with Gasteiger partial charge in [-0.3, -0.25) is 14.9 Å². The molecular formula is C26H26N8O2. The molecule has 1 aliphatic rings. The van der Waals surface area contributed by atoms with Gasteiger partial charge in [-0.2, -0.15) is 5.10 Å². The molecule has 1 aliphatic heterocycles. The molecule has 0 radical (unpaired) electrons. The Kier molecular flexibility index (Phi) is 6.57. The van der Waals surface area contributed by atoms with Gasteiger partial charge in [-0.05, 0) is 30.5 Å². The molecule has 2 aromatic carbocycles. The highest BCUT2D eigenvalue weighted by Gasteiger charge is 2.25. The van der Waals surface area contributed by atoms with Gasteiger partial charge in [-0.15, -0.1) is 0 Å². The van der Waals surface area contributed by atoms with Crippen molar-refractivity contribution in [3.63, 3.8) is 0 Å². The van der Waals surface area contributed by atoms with Crippen LogP contribution in [0, 0.1) is 0 Å². The number of likely N-dealkylation sites (tertiary alicyclic amines) is 1. The van der Waals surface area contributed by atoms with E-state index >= 15 is 0 Å². The summed E-state index contributed by atoms with van der Waals surface area (Å²) in [5.41, 5.74) is 8.83. The number of amides is 3. The van der Waals surface area contributed by atoms with Crippen LogP contribution in [-0.2, 0) is 0 Å². The van der Waals surface area contributed by atoms with Crippen LogP contribution in [-0.4, -0.2) is 50.1 Å². The van der Waals surface area contributed by atoms with Crippen molar-refractivity contribution in [2.45, 2.75) is 18.8 Å². The Balaban J connectivity index is 1.28. The summed E-state index contributed by atoms with van der Waals surface area (Å²) in [7, 11) is 0. The molecule has 10 heteroatoms. The van der Waals surface area contributed by atoms with Crippen molar-refractivity contribution in [2.24, 2.45) is 5.73 Å². The molecule has 1 fully saturated rings. The minimum Gasteiger partial charge on any atom is -0.365 e. The summed E-state index contributed by atoms with van der Waals surface area (Å²) in [6.45, 7) is 1.41. The van der Waals surface area contributed by atoms with Gasteiger partial charge in [0.15, 0.2) is 0 Å². The lowest BCUT2D eigenvalue weighted by atomic mass is 9.91. The molecule has 0 saturated carbocycles. The Morgan fingerprint density at radius 2 is 1.86 bits per heavy atom. The molecule has 182 valence electrons. The number of hydrogen-bond acceptors (Lipinski definition) is 6. The lowest BCUT2D eigenvalue weighted by Gasteiger charge is -2.33. The first kappa shape index (κ1) is 23.0. The number of nitrogens with one attached hydrogen (secondary N) is 3. The quantitative estimate of drug-likeness (QED) is 0.326. The number of H-pyrrole nitrogens is 1. The van der Waals surface area contributed by atoms with Crippen LogP contribution in [0.1, 0.15) is 34.7 Å². The van der Waals surface area contributed by atoms with Crippen molar-refractivity contribution >= 4 is 29.3 Å². The van der Waals surface area contributed by atoms with Gasteiger partial charge in [0.2, 0.25) is 0 Å². The molecule has 2 aromatic heterocycles. The zero-order chi connectivity index (χ0) is 24.9. The second-order valence-electron chi connectivity index (χ2n) is 8.61. The highest BCUT2D eigenvalue weighted by molar-refractivity contribution is 6.04. The number of nitrogens with two attached hydrogens (primary N) is 1. The molecule has 1 unspecified atom stereocenters. The molecule has 5 N–H and O–H groups in total. The minimum atomic E-state index is -0.638. The van der Waals surface area contributed by atoms with E-state index in [4.69, 9.17) is 5.73 Å². The molecule has 0 bridgehead atoms. The molecular weight excluding hydrogens is 456 g/mol. The lowest BCUT2D eigenvalue weighted by Crippen LogP contribution is -2.41. The number of aromatic nitrogens is 4. The normalized spacial score (nSPS) is 15.3. The van der Waals surface area contributed by atoms with Crippen LogP contribution in [0.5, 0.6) is 0 Å². The fraction of sp³-hybridized carbons (Fsp3) is 0.192. The van der Waals surface area contributed by atoms with Crippen molar-refractivity contribution < 1.29 is 9.59 Å². The van der Waals surface area contributed by atoms with E-state index in [1.165, 1.54) is 18.0 Å². The summed E-state index contributed by atoms with van der Waals surface area (Å²) in [6, 6.07) is 17.3. The predicted octanol–water partition coefficient (Wildman–Crippen LogP) is 4.12. The maximum Gasteiger partial charge on any atom is 0.321 e. The van der Waals surface area contributed by atoms with Crippen molar-refractivity contribution in [3.8, 4) is 11.3 Å². The van der Waals surface area contributed by atoms with Crippen molar-refractivity contribution in [1.82, 2.24) is 25.1 Å². The number of benzene rings is 2. The molecule has 3 heterocycles. The van der Waals surface area contributed by atoms with Gasteiger partial charge >= 0.3 is 6.03 Å². The minimum absolute atomic E-state index is 0.128. The smallest absolute Gasteiger partial charge is 0.321 e. The summed E-state index contributed by atoms with van der Waals surface area (Å²) in [5.74, 6) is 0.471. The van der Waals surface area contributed by atoms with Crippen LogP contribution in [0.4, 0.5) is 22.1 Å². The molecule has 1 atom stereocenters. The fourth-order valence-corrected chi connectivity index (χ4v) is 4.45. The van der Waals surface area contributed by atoms with Crippen LogP contribution >= 0.6 is 0 Å². The van der Waals surface area contributed by atoms with Gasteiger partial charge in [0.25, 0.3) is 5.91 Å². The molecule has 5 rings (SSSR count). The van der Waals surface area contributed by atoms with Crippen LogP contribution in [0.25, 0.3) is 11.3 Å². The second kappa shape index (κ2) is 10.3. The van der Waals surface area contributed by atoms with Crippen molar-refractivity contribution in [2.75, 3.05) is 23.7 Å². The molecule has 1 saturated heterocycles. The van der Waals surface area contributed by atoms with Gasteiger partial charge in [0.05, 0.1) is 6.20 Å². The van der Waals surface area contributed by atoms with E-state index < -0.39 is 5.91 Å². The topological polar surface area (TPSA) is 142 Å². The third-order valence-electron chi connectivity index (χ3n) is 6.22. The Morgan fingerprint density at radius 1 is 1.06 bits per heavy atom. The van der Waals surface area contributed by atoms with Crippen LogP contribution in [0.3, 0.4) is 0 Å². The fourth-order valence-electron chi connectivity index (χ4n) is 4.45. The standard InChI is InChI=1S/C26H26N8O2/c27-24(35)22-23(32-33-25(22)31-21-15-28-12-13-29-21)18-8-10-20(11-9-18)30-26(36)34-14-4-7-19(16-34)17-5-2-1-3-6-17/h1-3,5-6,8-13,15,19H,4,7,14,16H2,(H2,27,35)(H,30,36)(H2,29,31,32,33). The van der Waals surface area contributed by atoms with Gasteiger partial charge < -0.3 is 21.3 Å². The van der Waals surface area contributed by atoms with Gasteiger partial charge in [-0.1, -0.05) is 42.5 Å². The average Bonchev–Trinajstić information content (AvgIpc) is 3.34. The largest absolute Gasteiger partial charge is 0.365 e. The number of rotatable bonds is 6. The first-order chi connectivity index (χ1) is 17.6. The highest BCUT2D eigenvalue weighted by Crippen LogP contribution is 2.30. The van der Waals surface area contributed by atoms with E-state index in [0.29, 0.717) is 41.0 Å². The molecule has 3 amide bonds. The zero-order valence-corrected chi connectivity index (χ0v) is 19.5. The Bertz CT molecular complexity index is 1340. The van der Waals surface area contributed by atoms with Gasteiger partial charge in [-0.25, -0.2) is 9.78 Å². The summed E-state index contributed by atoms with van der Waals surface area (Å²) in [4.78, 5) is 35.1. The first-order valence-corrected chi connectivity index (χ1v) is 11.7. The average molecular weight is 483 g/mol. The van der Waals surface area contributed by atoms with E-state index in [0.717, 1.165) is 19.4 Å². The number of carbonyl (C=O) groups is 2. The molecule has 36 heavy (non-hydrogen) atoms. The van der Waals surface area contributed by atoms with Crippen LogP contribution in [0.2, 0.25) is 0 Å². The Hall–Kier alpha value is -4.73. The molecule has 10 nitrogen and oxygen atoms in total. The number of carbonyl (C=O) groups excluding carboxylic acids is 2.